The van der Waals surface area contributed by atoms with E-state index in [1.807, 2.05) is 0 Å². The number of halogens is 2. The first-order chi connectivity index (χ1) is 10.3. The zero-order chi connectivity index (χ0) is 16.5. The number of aliphatic hydroxyl groups excluding tert-OH is 2. The van der Waals surface area contributed by atoms with E-state index in [-0.39, 0.29) is 19.2 Å². The third-order valence-corrected chi connectivity index (χ3v) is 3.54. The number of alkyl halides is 2. The van der Waals surface area contributed by atoms with Gasteiger partial charge >= 0.3 is 11.6 Å². The van der Waals surface area contributed by atoms with Crippen LogP contribution >= 0.6 is 0 Å². The Kier molecular flexibility index (Phi) is 4.90. The van der Waals surface area contributed by atoms with E-state index in [0.717, 1.165) is 0 Å². The summed E-state index contributed by atoms with van der Waals surface area (Å²) in [5.41, 5.74) is -0.465. The van der Waals surface area contributed by atoms with Gasteiger partial charge in [0.05, 0.1) is 6.61 Å². The highest BCUT2D eigenvalue weighted by Gasteiger charge is 2.59. The van der Waals surface area contributed by atoms with Crippen LogP contribution in [0.25, 0.3) is 0 Å². The van der Waals surface area contributed by atoms with Crippen LogP contribution in [0.15, 0.2) is 17.1 Å². The predicted molar refractivity (Wildman–Crippen MR) is 72.6 cm³/mol. The lowest BCUT2D eigenvalue weighted by Crippen LogP contribution is -2.44. The Hall–Kier alpha value is -1.42. The molecule has 0 saturated carbocycles. The Morgan fingerprint density at radius 2 is 2.27 bits per heavy atom. The molecule has 1 aliphatic heterocycles. The highest BCUT2D eigenvalue weighted by atomic mass is 19.3. The summed E-state index contributed by atoms with van der Waals surface area (Å²) in [6, 6.07) is 1.08. The van der Waals surface area contributed by atoms with Crippen molar-refractivity contribution in [3.8, 4) is 0 Å². The summed E-state index contributed by atoms with van der Waals surface area (Å²) in [7, 11) is 0. The van der Waals surface area contributed by atoms with Gasteiger partial charge < -0.3 is 20.3 Å². The summed E-state index contributed by atoms with van der Waals surface area (Å²) in [6.07, 6.45) is -4.02. The van der Waals surface area contributed by atoms with Crippen molar-refractivity contribution in [1.29, 1.82) is 0 Å². The van der Waals surface area contributed by atoms with E-state index < -0.39 is 30.0 Å². The third kappa shape index (κ3) is 3.17. The average Bonchev–Trinajstić information content (AvgIpc) is 2.68. The van der Waals surface area contributed by atoms with Gasteiger partial charge in [0.25, 0.3) is 0 Å². The lowest BCUT2D eigenvalue weighted by Gasteiger charge is -2.21. The van der Waals surface area contributed by atoms with E-state index in [1.54, 1.807) is 13.8 Å². The molecule has 22 heavy (non-hydrogen) atoms. The zero-order valence-corrected chi connectivity index (χ0v) is 12.2. The van der Waals surface area contributed by atoms with Gasteiger partial charge in [0.15, 0.2) is 0 Å². The highest BCUT2D eigenvalue weighted by molar-refractivity contribution is 5.01. The molecule has 4 atom stereocenters. The number of rotatable bonds is 5. The molecule has 2 rings (SSSR count). The van der Waals surface area contributed by atoms with Crippen molar-refractivity contribution in [1.82, 2.24) is 14.9 Å². The molecule has 0 amide bonds. The molecule has 0 aromatic carbocycles. The maximum Gasteiger partial charge on any atom is 0.350 e. The summed E-state index contributed by atoms with van der Waals surface area (Å²) in [5.74, 6) is -3.63. The molecular formula is C13H19F2N3O4. The summed E-state index contributed by atoms with van der Waals surface area (Å²) in [5, 5.41) is 21.4. The number of aryl methyl sites for hydroxylation is 1. The Morgan fingerprint density at radius 1 is 1.59 bits per heavy atom. The standard InChI is InChI=1S/C13H19F2N3O4/c1-7-3-4-18(12(21)17-7)11-13(14,15)10(20)9(22-11)5-16-8(2)6-19/h3-4,8-11,16,19-20H,5-6H2,1-2H3/t8?,9-,10-,11-/m1/s1. The van der Waals surface area contributed by atoms with E-state index in [1.165, 1.54) is 12.3 Å². The number of hydrogen-bond acceptors (Lipinski definition) is 6. The van der Waals surface area contributed by atoms with Gasteiger partial charge in [-0.3, -0.25) is 4.57 Å². The van der Waals surface area contributed by atoms with Crippen molar-refractivity contribution in [2.24, 2.45) is 0 Å². The minimum Gasteiger partial charge on any atom is -0.395 e. The first-order valence-electron chi connectivity index (χ1n) is 6.88. The van der Waals surface area contributed by atoms with Gasteiger partial charge in [0, 0.05) is 24.5 Å². The minimum atomic E-state index is -3.63. The molecule has 1 fully saturated rings. The molecule has 1 aliphatic rings. The number of aromatic nitrogens is 2. The van der Waals surface area contributed by atoms with Crippen molar-refractivity contribution in [2.45, 2.75) is 44.2 Å². The third-order valence-electron chi connectivity index (χ3n) is 3.54. The molecular weight excluding hydrogens is 300 g/mol. The Morgan fingerprint density at radius 3 is 2.86 bits per heavy atom. The van der Waals surface area contributed by atoms with Gasteiger partial charge in [-0.25, -0.2) is 4.79 Å². The lowest BCUT2D eigenvalue weighted by molar-refractivity contribution is -0.140. The molecule has 7 nitrogen and oxygen atoms in total. The van der Waals surface area contributed by atoms with E-state index in [9.17, 15) is 18.7 Å². The second-order valence-corrected chi connectivity index (χ2v) is 5.40. The second-order valence-electron chi connectivity index (χ2n) is 5.40. The molecule has 0 aliphatic carbocycles. The van der Waals surface area contributed by atoms with Gasteiger partial charge in [-0.05, 0) is 19.9 Å². The van der Waals surface area contributed by atoms with Crippen LogP contribution in [-0.2, 0) is 4.74 Å². The van der Waals surface area contributed by atoms with Crippen LogP contribution in [-0.4, -0.2) is 57.1 Å². The molecule has 3 N–H and O–H groups in total. The molecule has 9 heteroatoms. The van der Waals surface area contributed by atoms with Crippen molar-refractivity contribution in [3.63, 3.8) is 0 Å². The van der Waals surface area contributed by atoms with Crippen LogP contribution in [0.3, 0.4) is 0 Å². The summed E-state index contributed by atoms with van der Waals surface area (Å²) in [4.78, 5) is 15.3. The number of aliphatic hydroxyl groups is 2. The molecule has 1 unspecified atom stereocenters. The predicted octanol–water partition coefficient (Wildman–Crippen LogP) is -0.584. The molecule has 124 valence electrons. The van der Waals surface area contributed by atoms with Gasteiger partial charge in [-0.15, -0.1) is 0 Å². The Balaban J connectivity index is 2.20. The molecule has 1 aromatic heterocycles. The number of nitrogens with zero attached hydrogens (tertiary/aromatic N) is 2. The van der Waals surface area contributed by atoms with Gasteiger partial charge in [-0.2, -0.15) is 13.8 Å². The highest BCUT2D eigenvalue weighted by Crippen LogP contribution is 2.41. The quantitative estimate of drug-likeness (QED) is 0.672. The largest absolute Gasteiger partial charge is 0.395 e. The summed E-state index contributed by atoms with van der Waals surface area (Å²) >= 11 is 0. The molecule has 1 saturated heterocycles. The smallest absolute Gasteiger partial charge is 0.350 e. The van der Waals surface area contributed by atoms with E-state index in [4.69, 9.17) is 9.84 Å². The molecule has 0 bridgehead atoms. The van der Waals surface area contributed by atoms with Crippen LogP contribution in [0.4, 0.5) is 8.78 Å². The maximum atomic E-state index is 14.2. The van der Waals surface area contributed by atoms with Crippen LogP contribution < -0.4 is 11.0 Å². The monoisotopic (exact) mass is 319 g/mol. The SMILES string of the molecule is Cc1ccn([C@@H]2O[C@H](CNC(C)CO)[C@@H](O)C2(F)F)c(=O)n1. The molecule has 0 spiro atoms. The summed E-state index contributed by atoms with van der Waals surface area (Å²) < 4.78 is 34.2. The number of ether oxygens (including phenoxy) is 1. The van der Waals surface area contributed by atoms with Gasteiger partial charge in [0.2, 0.25) is 6.23 Å². The van der Waals surface area contributed by atoms with Crippen LogP contribution in [0, 0.1) is 6.92 Å². The fraction of sp³-hybridized carbons (Fsp3) is 0.692. The molecule has 1 aromatic rings. The first kappa shape index (κ1) is 16.9. The van der Waals surface area contributed by atoms with Gasteiger partial charge in [-0.1, -0.05) is 0 Å². The van der Waals surface area contributed by atoms with Crippen LogP contribution in [0.2, 0.25) is 0 Å². The van der Waals surface area contributed by atoms with E-state index in [2.05, 4.69) is 10.3 Å². The topological polar surface area (TPSA) is 96.6 Å². The fourth-order valence-electron chi connectivity index (χ4n) is 2.19. The van der Waals surface area contributed by atoms with Crippen molar-refractivity contribution >= 4 is 0 Å². The van der Waals surface area contributed by atoms with Crippen LogP contribution in [0.1, 0.15) is 18.8 Å². The maximum absolute atomic E-state index is 14.2. The number of nitrogens with one attached hydrogen (secondary N) is 1. The minimum absolute atomic E-state index is 0.0803. The van der Waals surface area contributed by atoms with Gasteiger partial charge in [0.1, 0.15) is 12.2 Å². The Bertz CT molecular complexity index is 581. The first-order valence-corrected chi connectivity index (χ1v) is 6.88. The van der Waals surface area contributed by atoms with E-state index in [0.29, 0.717) is 10.3 Å². The zero-order valence-electron chi connectivity index (χ0n) is 12.2. The van der Waals surface area contributed by atoms with Crippen molar-refractivity contribution < 1.29 is 23.7 Å². The van der Waals surface area contributed by atoms with E-state index >= 15 is 0 Å². The van der Waals surface area contributed by atoms with Crippen molar-refractivity contribution in [3.05, 3.63) is 28.4 Å². The summed E-state index contributed by atoms with van der Waals surface area (Å²) in [6.45, 7) is 2.97. The normalized spacial score (nSPS) is 28.7. The molecule has 0 radical (unpaired) electrons. The van der Waals surface area contributed by atoms with Crippen LogP contribution in [0.5, 0.6) is 0 Å². The Labute approximate surface area is 125 Å². The van der Waals surface area contributed by atoms with Crippen molar-refractivity contribution in [2.75, 3.05) is 13.2 Å². The lowest BCUT2D eigenvalue weighted by atomic mass is 10.1. The fourth-order valence-corrected chi connectivity index (χ4v) is 2.19. The molecule has 2 heterocycles. The average molecular weight is 319 g/mol. The number of hydrogen-bond donors (Lipinski definition) is 3. The second kappa shape index (κ2) is 6.37.